The Morgan fingerprint density at radius 3 is 3.00 bits per heavy atom. The predicted octanol–water partition coefficient (Wildman–Crippen LogP) is 1.22. The second-order valence-corrected chi connectivity index (χ2v) is 4.87. The Morgan fingerprint density at radius 1 is 1.77 bits per heavy atom. The van der Waals surface area contributed by atoms with Crippen LogP contribution in [0.3, 0.4) is 0 Å². The molecule has 0 aromatic rings. The Kier molecular flexibility index (Phi) is 4.40. The third-order valence-electron chi connectivity index (χ3n) is 2.21. The third kappa shape index (κ3) is 3.09. The first-order valence-electron chi connectivity index (χ1n) is 4.66. The summed E-state index contributed by atoms with van der Waals surface area (Å²) in [5.74, 6) is 0.534. The summed E-state index contributed by atoms with van der Waals surface area (Å²) < 4.78 is 16.9. The molecule has 1 rings (SSSR count). The van der Waals surface area contributed by atoms with Crippen LogP contribution in [0.15, 0.2) is 0 Å². The summed E-state index contributed by atoms with van der Waals surface area (Å²) in [5.41, 5.74) is 0. The number of hydrogen-bond acceptors (Lipinski definition) is 3. The van der Waals surface area contributed by atoms with E-state index in [4.69, 9.17) is 10.00 Å². The van der Waals surface area contributed by atoms with Gasteiger partial charge in [-0.05, 0) is 19.3 Å². The summed E-state index contributed by atoms with van der Waals surface area (Å²) in [4.78, 5) is 0. The zero-order chi connectivity index (χ0) is 9.68. The van der Waals surface area contributed by atoms with Crippen molar-refractivity contribution in [1.82, 2.24) is 0 Å². The second kappa shape index (κ2) is 5.36. The minimum Gasteiger partial charge on any atom is -0.377 e. The quantitative estimate of drug-likeness (QED) is 0.687. The molecule has 0 aliphatic carbocycles. The van der Waals surface area contributed by atoms with Crippen LogP contribution in [0.25, 0.3) is 0 Å². The lowest BCUT2D eigenvalue weighted by atomic mass is 10.3. The van der Waals surface area contributed by atoms with Gasteiger partial charge < -0.3 is 4.74 Å². The van der Waals surface area contributed by atoms with Crippen LogP contribution >= 0.6 is 0 Å². The molecule has 1 fully saturated rings. The molecule has 3 nitrogen and oxygen atoms in total. The number of rotatable bonds is 4. The summed E-state index contributed by atoms with van der Waals surface area (Å²) in [5, 5.41) is 8.37. The first-order chi connectivity index (χ1) is 6.27. The number of ether oxygens (including phenoxy) is 1. The fourth-order valence-electron chi connectivity index (χ4n) is 1.41. The van der Waals surface area contributed by atoms with E-state index in [0.29, 0.717) is 12.2 Å². The Bertz CT molecular complexity index is 218. The van der Waals surface area contributed by atoms with E-state index >= 15 is 0 Å². The molecule has 0 spiro atoms. The molecule has 13 heavy (non-hydrogen) atoms. The fourth-order valence-corrected chi connectivity index (χ4v) is 2.76. The summed E-state index contributed by atoms with van der Waals surface area (Å²) in [6, 6.07) is 2.07. The monoisotopic (exact) mass is 201 g/mol. The van der Waals surface area contributed by atoms with E-state index in [2.05, 4.69) is 6.07 Å². The molecule has 0 N–H and O–H groups in total. The van der Waals surface area contributed by atoms with Gasteiger partial charge in [0.2, 0.25) is 0 Å². The van der Waals surface area contributed by atoms with Gasteiger partial charge in [-0.3, -0.25) is 4.21 Å². The highest BCUT2D eigenvalue weighted by Gasteiger charge is 2.22. The highest BCUT2D eigenvalue weighted by Crippen LogP contribution is 2.14. The molecule has 0 saturated carbocycles. The smallest absolute Gasteiger partial charge is 0.121 e. The highest BCUT2D eigenvalue weighted by atomic mass is 32.2. The van der Waals surface area contributed by atoms with Crippen LogP contribution in [0.1, 0.15) is 26.2 Å². The molecule has 0 aromatic carbocycles. The Balaban J connectivity index is 2.35. The minimum absolute atomic E-state index is 0.128. The minimum atomic E-state index is -1.03. The lowest BCUT2D eigenvalue weighted by molar-refractivity contribution is 0.128. The summed E-state index contributed by atoms with van der Waals surface area (Å²) in [6.07, 6.45) is 2.84. The molecule has 3 unspecified atom stereocenters. The number of nitriles is 1. The van der Waals surface area contributed by atoms with Gasteiger partial charge in [-0.1, -0.05) is 6.92 Å². The Morgan fingerprint density at radius 2 is 2.54 bits per heavy atom. The van der Waals surface area contributed by atoms with Crippen molar-refractivity contribution >= 4 is 10.8 Å². The number of nitrogens with zero attached hydrogens (tertiary/aromatic N) is 1. The van der Waals surface area contributed by atoms with Gasteiger partial charge >= 0.3 is 0 Å². The second-order valence-electron chi connectivity index (χ2n) is 3.21. The fraction of sp³-hybridized carbons (Fsp3) is 0.889. The number of hydrogen-bond donors (Lipinski definition) is 0. The van der Waals surface area contributed by atoms with Crippen molar-refractivity contribution in [2.24, 2.45) is 0 Å². The highest BCUT2D eigenvalue weighted by molar-refractivity contribution is 7.85. The van der Waals surface area contributed by atoms with Crippen LogP contribution in [0.4, 0.5) is 0 Å². The lowest BCUT2D eigenvalue weighted by Crippen LogP contribution is -2.23. The van der Waals surface area contributed by atoms with E-state index in [0.717, 1.165) is 19.4 Å². The molecule has 0 aromatic heterocycles. The van der Waals surface area contributed by atoms with Gasteiger partial charge in [0.25, 0.3) is 0 Å². The SMILES string of the molecule is CCC(C#N)S(=O)CC1CCCO1. The van der Waals surface area contributed by atoms with Crippen LogP contribution in [0.5, 0.6) is 0 Å². The van der Waals surface area contributed by atoms with Crippen molar-refractivity contribution < 1.29 is 8.95 Å². The molecule has 1 heterocycles. The van der Waals surface area contributed by atoms with Crippen molar-refractivity contribution in [3.05, 3.63) is 0 Å². The van der Waals surface area contributed by atoms with Crippen molar-refractivity contribution in [2.75, 3.05) is 12.4 Å². The third-order valence-corrected chi connectivity index (χ3v) is 3.98. The van der Waals surface area contributed by atoms with Crippen LogP contribution in [-0.2, 0) is 15.5 Å². The molecule has 4 heteroatoms. The Hall–Kier alpha value is -0.400. The van der Waals surface area contributed by atoms with E-state index in [1.165, 1.54) is 0 Å². The van der Waals surface area contributed by atoms with E-state index in [1.807, 2.05) is 6.92 Å². The van der Waals surface area contributed by atoms with Crippen LogP contribution in [0.2, 0.25) is 0 Å². The normalized spacial score (nSPS) is 26.6. The molecule has 0 amide bonds. The largest absolute Gasteiger partial charge is 0.377 e. The van der Waals surface area contributed by atoms with Gasteiger partial charge in [0.15, 0.2) is 0 Å². The van der Waals surface area contributed by atoms with Gasteiger partial charge in [0.1, 0.15) is 5.25 Å². The molecule has 3 atom stereocenters. The summed E-state index contributed by atoms with van der Waals surface area (Å²) >= 11 is 0. The van der Waals surface area contributed by atoms with Crippen molar-refractivity contribution in [1.29, 1.82) is 5.26 Å². The van der Waals surface area contributed by atoms with E-state index in [1.54, 1.807) is 0 Å². The Labute approximate surface area is 81.5 Å². The van der Waals surface area contributed by atoms with Crippen LogP contribution in [0, 0.1) is 11.3 Å². The average Bonchev–Trinajstić information content (AvgIpc) is 2.59. The average molecular weight is 201 g/mol. The molecular weight excluding hydrogens is 186 g/mol. The first kappa shape index (κ1) is 10.7. The topological polar surface area (TPSA) is 50.1 Å². The molecule has 1 saturated heterocycles. The van der Waals surface area contributed by atoms with Crippen LogP contribution in [-0.4, -0.2) is 27.9 Å². The lowest BCUT2D eigenvalue weighted by Gasteiger charge is -2.10. The molecule has 1 aliphatic heterocycles. The van der Waals surface area contributed by atoms with E-state index < -0.39 is 10.8 Å². The van der Waals surface area contributed by atoms with Gasteiger partial charge in [-0.15, -0.1) is 0 Å². The molecular formula is C9H15NO2S. The standard InChI is InChI=1S/C9H15NO2S/c1-2-9(6-10)13(11)7-8-4-3-5-12-8/h8-9H,2-5,7H2,1H3. The molecule has 0 bridgehead atoms. The van der Waals surface area contributed by atoms with Gasteiger partial charge in [0.05, 0.1) is 17.9 Å². The predicted molar refractivity (Wildman–Crippen MR) is 51.7 cm³/mol. The molecule has 1 aliphatic rings. The van der Waals surface area contributed by atoms with E-state index in [-0.39, 0.29) is 11.4 Å². The van der Waals surface area contributed by atoms with Gasteiger partial charge in [0, 0.05) is 17.4 Å². The van der Waals surface area contributed by atoms with Crippen molar-refractivity contribution in [2.45, 2.75) is 37.5 Å². The summed E-state index contributed by atoms with van der Waals surface area (Å²) in [6.45, 7) is 2.67. The van der Waals surface area contributed by atoms with E-state index in [9.17, 15) is 4.21 Å². The zero-order valence-corrected chi connectivity index (χ0v) is 8.68. The maximum Gasteiger partial charge on any atom is 0.121 e. The van der Waals surface area contributed by atoms with Crippen LogP contribution < -0.4 is 0 Å². The van der Waals surface area contributed by atoms with Crippen molar-refractivity contribution in [3.63, 3.8) is 0 Å². The first-order valence-corrected chi connectivity index (χ1v) is 6.04. The maximum atomic E-state index is 11.6. The van der Waals surface area contributed by atoms with Gasteiger partial charge in [-0.25, -0.2) is 0 Å². The maximum absolute atomic E-state index is 11.6. The molecule has 74 valence electrons. The summed E-state index contributed by atoms with van der Waals surface area (Å²) in [7, 11) is -1.03. The molecule has 0 radical (unpaired) electrons. The zero-order valence-electron chi connectivity index (χ0n) is 7.86. The van der Waals surface area contributed by atoms with Crippen molar-refractivity contribution in [3.8, 4) is 6.07 Å². The van der Waals surface area contributed by atoms with Gasteiger partial charge in [-0.2, -0.15) is 5.26 Å².